The Labute approximate surface area is 139 Å². The molecule has 3 aromatic rings. The van der Waals surface area contributed by atoms with Crippen LogP contribution in [0.4, 0.5) is 4.39 Å². The van der Waals surface area contributed by atoms with Gasteiger partial charge in [0, 0.05) is 11.3 Å². The van der Waals surface area contributed by atoms with Gasteiger partial charge in [-0.3, -0.25) is 0 Å². The van der Waals surface area contributed by atoms with E-state index in [-0.39, 0.29) is 17.3 Å². The molecule has 1 aromatic carbocycles. The minimum absolute atomic E-state index is 0.0539. The monoisotopic (exact) mass is 326 g/mol. The summed E-state index contributed by atoms with van der Waals surface area (Å²) in [6, 6.07) is 7.90. The first kappa shape index (κ1) is 16.2. The number of carbonyl (C=O) groups is 1. The molecule has 24 heavy (non-hydrogen) atoms. The average Bonchev–Trinajstić information content (AvgIpc) is 2.80. The second-order valence-corrected chi connectivity index (χ2v) is 6.33. The number of nitrogens with zero attached hydrogens (tertiary/aromatic N) is 2. The lowest BCUT2D eigenvalue weighted by molar-refractivity contribution is 0.0695. The van der Waals surface area contributed by atoms with Crippen LogP contribution < -0.4 is 0 Å². The molecule has 0 bridgehead atoms. The van der Waals surface area contributed by atoms with Gasteiger partial charge in [-0.1, -0.05) is 26.0 Å². The Hall–Kier alpha value is -2.69. The van der Waals surface area contributed by atoms with Crippen molar-refractivity contribution in [2.45, 2.75) is 33.6 Å². The molecule has 0 amide bonds. The molecular weight excluding hydrogens is 307 g/mol. The number of aromatic nitrogens is 2. The fourth-order valence-corrected chi connectivity index (χ4v) is 3.14. The van der Waals surface area contributed by atoms with Crippen molar-refractivity contribution in [3.8, 4) is 11.1 Å². The van der Waals surface area contributed by atoms with E-state index in [4.69, 9.17) is 0 Å². The number of carboxylic acid groups (broad SMARTS) is 1. The standard InChI is InChI=1S/C19H19FN2O2/c1-10(2)17-16(19(23)24)15(13-5-7-14(20)8-6-13)18-11(3)9-12(4)22(18)21-17/h5-10H,1-4H3,(H,23,24). The van der Waals surface area contributed by atoms with E-state index >= 15 is 0 Å². The SMILES string of the molecule is Cc1cc(C)n2nc(C(C)C)c(C(=O)O)c(-c3ccc(F)cc3)c12. The van der Waals surface area contributed by atoms with Gasteiger partial charge >= 0.3 is 5.97 Å². The molecule has 0 saturated carbocycles. The Kier molecular flexibility index (Phi) is 3.87. The molecule has 2 aromatic heterocycles. The number of rotatable bonds is 3. The fourth-order valence-electron chi connectivity index (χ4n) is 3.14. The first-order valence-corrected chi connectivity index (χ1v) is 7.83. The van der Waals surface area contributed by atoms with Crippen LogP contribution in [0.5, 0.6) is 0 Å². The Morgan fingerprint density at radius 2 is 1.83 bits per heavy atom. The molecule has 0 saturated heterocycles. The zero-order valence-electron chi connectivity index (χ0n) is 14.1. The second-order valence-electron chi connectivity index (χ2n) is 6.33. The van der Waals surface area contributed by atoms with Crippen LogP contribution in [0, 0.1) is 19.7 Å². The fraction of sp³-hybridized carbons (Fsp3) is 0.263. The first-order valence-electron chi connectivity index (χ1n) is 7.83. The lowest BCUT2D eigenvalue weighted by atomic mass is 9.93. The van der Waals surface area contributed by atoms with Gasteiger partial charge in [0.1, 0.15) is 5.82 Å². The highest BCUT2D eigenvalue weighted by atomic mass is 19.1. The number of hydrogen-bond donors (Lipinski definition) is 1. The topological polar surface area (TPSA) is 54.6 Å². The number of halogens is 1. The molecule has 3 rings (SSSR count). The van der Waals surface area contributed by atoms with Crippen molar-refractivity contribution in [1.82, 2.24) is 9.61 Å². The van der Waals surface area contributed by atoms with Gasteiger partial charge in [0.05, 0.1) is 16.8 Å². The third-order valence-electron chi connectivity index (χ3n) is 4.19. The molecule has 0 radical (unpaired) electrons. The van der Waals surface area contributed by atoms with Crippen LogP contribution in [0.1, 0.15) is 47.1 Å². The minimum atomic E-state index is -1.02. The molecular formula is C19H19FN2O2. The third-order valence-corrected chi connectivity index (χ3v) is 4.19. The zero-order chi connectivity index (χ0) is 17.6. The van der Waals surface area contributed by atoms with Crippen molar-refractivity contribution in [2.24, 2.45) is 0 Å². The van der Waals surface area contributed by atoms with Gasteiger partial charge in [0.15, 0.2) is 0 Å². The number of aromatic carboxylic acids is 1. The normalized spacial score (nSPS) is 11.4. The highest BCUT2D eigenvalue weighted by Gasteiger charge is 2.25. The van der Waals surface area contributed by atoms with Crippen LogP contribution in [-0.4, -0.2) is 20.7 Å². The van der Waals surface area contributed by atoms with E-state index in [9.17, 15) is 14.3 Å². The largest absolute Gasteiger partial charge is 0.478 e. The molecule has 0 aliphatic heterocycles. The summed E-state index contributed by atoms with van der Waals surface area (Å²) in [5.74, 6) is -1.43. The molecule has 0 aliphatic rings. The van der Waals surface area contributed by atoms with Crippen molar-refractivity contribution >= 4 is 11.5 Å². The van der Waals surface area contributed by atoms with E-state index in [0.29, 0.717) is 16.8 Å². The summed E-state index contributed by atoms with van der Waals surface area (Å²) >= 11 is 0. The van der Waals surface area contributed by atoms with E-state index in [0.717, 1.165) is 16.8 Å². The highest BCUT2D eigenvalue weighted by molar-refractivity contribution is 6.02. The molecule has 0 atom stereocenters. The van der Waals surface area contributed by atoms with Crippen LogP contribution in [0.2, 0.25) is 0 Å². The predicted octanol–water partition coefficient (Wildman–Crippen LogP) is 4.58. The summed E-state index contributed by atoms with van der Waals surface area (Å²) in [6.07, 6.45) is 0. The lowest BCUT2D eigenvalue weighted by Crippen LogP contribution is -2.13. The van der Waals surface area contributed by atoms with Crippen molar-refractivity contribution in [3.63, 3.8) is 0 Å². The van der Waals surface area contributed by atoms with Gasteiger partial charge in [0.25, 0.3) is 0 Å². The summed E-state index contributed by atoms with van der Waals surface area (Å²) in [5.41, 5.74) is 4.59. The van der Waals surface area contributed by atoms with E-state index in [1.807, 2.05) is 33.8 Å². The van der Waals surface area contributed by atoms with Crippen LogP contribution >= 0.6 is 0 Å². The van der Waals surface area contributed by atoms with Crippen molar-refractivity contribution < 1.29 is 14.3 Å². The maximum Gasteiger partial charge on any atom is 0.338 e. The molecule has 1 N–H and O–H groups in total. The van der Waals surface area contributed by atoms with E-state index in [2.05, 4.69) is 5.10 Å². The predicted molar refractivity (Wildman–Crippen MR) is 91.1 cm³/mol. The molecule has 0 aliphatic carbocycles. The Bertz CT molecular complexity index is 940. The van der Waals surface area contributed by atoms with E-state index in [1.165, 1.54) is 12.1 Å². The average molecular weight is 326 g/mol. The van der Waals surface area contributed by atoms with E-state index in [1.54, 1.807) is 16.6 Å². The molecule has 0 unspecified atom stereocenters. The Morgan fingerprint density at radius 1 is 1.21 bits per heavy atom. The van der Waals surface area contributed by atoms with Gasteiger partial charge in [0.2, 0.25) is 0 Å². The quantitative estimate of drug-likeness (QED) is 0.766. The molecule has 4 nitrogen and oxygen atoms in total. The number of aryl methyl sites for hydroxylation is 2. The molecule has 5 heteroatoms. The van der Waals surface area contributed by atoms with E-state index < -0.39 is 5.97 Å². The van der Waals surface area contributed by atoms with Crippen molar-refractivity contribution in [1.29, 1.82) is 0 Å². The molecule has 0 spiro atoms. The maximum absolute atomic E-state index is 13.3. The molecule has 124 valence electrons. The van der Waals surface area contributed by atoms with Crippen LogP contribution in [0.25, 0.3) is 16.6 Å². The summed E-state index contributed by atoms with van der Waals surface area (Å²) in [5, 5.41) is 14.4. The first-order chi connectivity index (χ1) is 11.3. The van der Waals surface area contributed by atoms with Gasteiger partial charge in [-0.05, 0) is 49.1 Å². The molecule has 2 heterocycles. The third kappa shape index (κ3) is 2.46. The smallest absolute Gasteiger partial charge is 0.338 e. The lowest BCUT2D eigenvalue weighted by Gasteiger charge is -2.17. The second kappa shape index (κ2) is 5.74. The number of carboxylic acids is 1. The maximum atomic E-state index is 13.3. The molecule has 0 fully saturated rings. The van der Waals surface area contributed by atoms with Gasteiger partial charge in [-0.15, -0.1) is 0 Å². The van der Waals surface area contributed by atoms with Crippen LogP contribution in [-0.2, 0) is 0 Å². The van der Waals surface area contributed by atoms with Gasteiger partial charge in [-0.2, -0.15) is 5.10 Å². The van der Waals surface area contributed by atoms with Crippen molar-refractivity contribution in [3.05, 3.63) is 58.7 Å². The summed E-state index contributed by atoms with van der Waals surface area (Å²) in [4.78, 5) is 12.0. The van der Waals surface area contributed by atoms with Crippen LogP contribution in [0.15, 0.2) is 30.3 Å². The number of fused-ring (bicyclic) bond motifs is 1. The zero-order valence-corrected chi connectivity index (χ0v) is 14.1. The van der Waals surface area contributed by atoms with Gasteiger partial charge < -0.3 is 5.11 Å². The Balaban J connectivity index is 2.53. The van der Waals surface area contributed by atoms with Crippen LogP contribution in [0.3, 0.4) is 0 Å². The highest BCUT2D eigenvalue weighted by Crippen LogP contribution is 2.35. The Morgan fingerprint density at radius 3 is 2.38 bits per heavy atom. The van der Waals surface area contributed by atoms with Gasteiger partial charge in [-0.25, -0.2) is 13.7 Å². The summed E-state index contributed by atoms with van der Waals surface area (Å²) in [7, 11) is 0. The summed E-state index contributed by atoms with van der Waals surface area (Å²) < 4.78 is 15.1. The number of hydrogen-bond acceptors (Lipinski definition) is 2. The van der Waals surface area contributed by atoms with Crippen molar-refractivity contribution in [2.75, 3.05) is 0 Å². The minimum Gasteiger partial charge on any atom is -0.478 e. The number of benzene rings is 1. The summed E-state index contributed by atoms with van der Waals surface area (Å²) in [6.45, 7) is 7.70.